The Labute approximate surface area is 230 Å². The number of aryl methyl sites for hydroxylation is 1. The highest BCUT2D eigenvalue weighted by atomic mass is 19.1. The van der Waals surface area contributed by atoms with Crippen molar-refractivity contribution in [3.8, 4) is 5.82 Å². The van der Waals surface area contributed by atoms with Gasteiger partial charge < -0.3 is 10.0 Å². The van der Waals surface area contributed by atoms with Crippen molar-refractivity contribution in [2.24, 2.45) is 4.99 Å². The van der Waals surface area contributed by atoms with E-state index in [1.165, 1.54) is 17.0 Å². The molecule has 2 aromatic heterocycles. The summed E-state index contributed by atoms with van der Waals surface area (Å²) >= 11 is 0. The van der Waals surface area contributed by atoms with E-state index in [0.717, 1.165) is 22.5 Å². The molecule has 3 rings (SSSR count). The Morgan fingerprint density at radius 1 is 1.21 bits per heavy atom. The van der Waals surface area contributed by atoms with E-state index in [1.807, 2.05) is 46.8 Å². The first kappa shape index (κ1) is 29.9. The van der Waals surface area contributed by atoms with Gasteiger partial charge in [0, 0.05) is 48.2 Å². The first-order chi connectivity index (χ1) is 18.1. The normalized spacial score (nSPS) is 16.9. The van der Waals surface area contributed by atoms with Crippen molar-refractivity contribution in [2.45, 2.75) is 79.2 Å². The van der Waals surface area contributed by atoms with Crippen molar-refractivity contribution in [1.82, 2.24) is 14.8 Å². The second-order valence-electron chi connectivity index (χ2n) is 11.5. The molecular weight excluding hydrogens is 496 g/mol. The summed E-state index contributed by atoms with van der Waals surface area (Å²) in [6.45, 7) is 22.6. The third-order valence-electron chi connectivity index (χ3n) is 6.68. The van der Waals surface area contributed by atoms with Crippen LogP contribution in [-0.2, 0) is 5.41 Å². The van der Waals surface area contributed by atoms with Crippen molar-refractivity contribution < 1.29 is 13.9 Å². The maximum Gasteiger partial charge on any atom is 0.192 e. The van der Waals surface area contributed by atoms with Crippen LogP contribution in [0.4, 0.5) is 14.5 Å². The van der Waals surface area contributed by atoms with Gasteiger partial charge in [0.2, 0.25) is 0 Å². The van der Waals surface area contributed by atoms with Crippen molar-refractivity contribution >= 4 is 12.4 Å². The highest BCUT2D eigenvalue weighted by Crippen LogP contribution is 2.40. The average Bonchev–Trinajstić information content (AvgIpc) is 3.29. The van der Waals surface area contributed by atoms with Gasteiger partial charge in [-0.3, -0.25) is 4.99 Å². The largest absolute Gasteiger partial charge is 0.389 e. The minimum atomic E-state index is -1.35. The first-order valence-corrected chi connectivity index (χ1v) is 12.9. The van der Waals surface area contributed by atoms with Crippen LogP contribution >= 0.6 is 0 Å². The number of hydrogen-bond acceptors (Lipinski definition) is 5. The highest BCUT2D eigenvalue weighted by Gasteiger charge is 2.31. The smallest absolute Gasteiger partial charge is 0.192 e. The van der Waals surface area contributed by atoms with Gasteiger partial charge in [-0.2, -0.15) is 5.10 Å². The summed E-state index contributed by atoms with van der Waals surface area (Å²) < 4.78 is 32.1. The van der Waals surface area contributed by atoms with Gasteiger partial charge in [0.25, 0.3) is 0 Å². The molecule has 39 heavy (non-hydrogen) atoms. The molecule has 0 bridgehead atoms. The molecule has 0 saturated heterocycles. The average molecular weight is 536 g/mol. The molecule has 1 aliphatic heterocycles. The van der Waals surface area contributed by atoms with E-state index in [9.17, 15) is 9.50 Å². The maximum atomic E-state index is 16.1. The Kier molecular flexibility index (Phi) is 8.60. The predicted molar refractivity (Wildman–Crippen MR) is 155 cm³/mol. The molecule has 0 fully saturated rings. The third-order valence-corrected chi connectivity index (χ3v) is 6.68. The second-order valence-corrected chi connectivity index (χ2v) is 11.5. The Morgan fingerprint density at radius 2 is 1.87 bits per heavy atom. The molecule has 1 N–H and O–H groups in total. The monoisotopic (exact) mass is 535 g/mol. The summed E-state index contributed by atoms with van der Waals surface area (Å²) in [5.74, 6) is -0.872. The Hall–Kier alpha value is -3.65. The molecule has 1 aliphatic rings. The Bertz CT molecular complexity index is 1410. The number of aliphatic hydroxyl groups is 1. The fourth-order valence-electron chi connectivity index (χ4n) is 4.63. The summed E-state index contributed by atoms with van der Waals surface area (Å²) in [5, 5.41) is 15.6. The number of aromatic nitrogens is 3. The van der Waals surface area contributed by atoms with E-state index in [1.54, 1.807) is 38.1 Å². The van der Waals surface area contributed by atoms with Crippen LogP contribution in [0.1, 0.15) is 72.6 Å². The van der Waals surface area contributed by atoms with Gasteiger partial charge >= 0.3 is 0 Å². The van der Waals surface area contributed by atoms with Crippen LogP contribution in [0, 0.1) is 12.7 Å². The maximum absolute atomic E-state index is 16.1. The SMILES string of the molecule is C=N/C=C(C)\C=C(\F)CC(C)(O)CC1=C(C)C(=C)N(c2c(C)cnc(-n3ccc(C(C)(C)C)n3)c2F)C(C)=C1. The summed E-state index contributed by atoms with van der Waals surface area (Å²) in [6, 6.07) is 1.86. The van der Waals surface area contributed by atoms with Gasteiger partial charge in [0.1, 0.15) is 5.83 Å². The van der Waals surface area contributed by atoms with Gasteiger partial charge in [-0.15, -0.1) is 0 Å². The quantitative estimate of drug-likeness (QED) is 0.280. The molecule has 0 amide bonds. The van der Waals surface area contributed by atoms with Crippen molar-refractivity contribution in [2.75, 3.05) is 4.90 Å². The van der Waals surface area contributed by atoms with Gasteiger partial charge in [-0.25, -0.2) is 18.4 Å². The van der Waals surface area contributed by atoms with Crippen molar-refractivity contribution in [1.29, 1.82) is 0 Å². The van der Waals surface area contributed by atoms with Crippen molar-refractivity contribution in [3.63, 3.8) is 0 Å². The molecule has 1 unspecified atom stereocenters. The van der Waals surface area contributed by atoms with Crippen molar-refractivity contribution in [3.05, 3.63) is 94.4 Å². The van der Waals surface area contributed by atoms with Gasteiger partial charge in [-0.1, -0.05) is 27.4 Å². The zero-order valence-electron chi connectivity index (χ0n) is 24.2. The van der Waals surface area contributed by atoms with Gasteiger partial charge in [0.15, 0.2) is 11.6 Å². The van der Waals surface area contributed by atoms with Gasteiger partial charge in [0.05, 0.1) is 17.0 Å². The lowest BCUT2D eigenvalue weighted by Gasteiger charge is -2.35. The predicted octanol–water partition coefficient (Wildman–Crippen LogP) is 7.56. The van der Waals surface area contributed by atoms with Crippen LogP contribution in [0.3, 0.4) is 0 Å². The lowest BCUT2D eigenvalue weighted by molar-refractivity contribution is 0.0560. The second kappa shape index (κ2) is 11.2. The van der Waals surface area contributed by atoms with Crippen LogP contribution in [-0.4, -0.2) is 32.2 Å². The molecule has 8 heteroatoms. The number of allylic oxidation sites excluding steroid dienone is 5. The third kappa shape index (κ3) is 6.68. The molecule has 0 aliphatic carbocycles. The molecule has 1 atom stereocenters. The number of halogens is 2. The van der Waals surface area contributed by atoms with E-state index in [0.29, 0.717) is 22.5 Å². The minimum absolute atomic E-state index is 0.0975. The number of hydrogen-bond donors (Lipinski definition) is 1. The van der Waals surface area contributed by atoms with Gasteiger partial charge in [-0.05, 0) is 81.8 Å². The van der Waals surface area contributed by atoms with E-state index in [-0.39, 0.29) is 24.1 Å². The van der Waals surface area contributed by atoms with Crippen LogP contribution in [0.15, 0.2) is 82.3 Å². The van der Waals surface area contributed by atoms with E-state index in [2.05, 4.69) is 28.4 Å². The zero-order chi connectivity index (χ0) is 29.3. The van der Waals surface area contributed by atoms with Crippen LogP contribution < -0.4 is 4.90 Å². The molecule has 0 aromatic carbocycles. The fourth-order valence-corrected chi connectivity index (χ4v) is 4.63. The standard InChI is InChI=1S/C31H39F2N5O/c1-19(17-34-10)13-25(32)16-31(9,39)15-24-14-21(3)38(23(5)22(24)4)28-20(2)18-35-29(27(28)33)37-12-11-26(36-37)30(6,7)8/h11-14,17-18,39H,5,10,15-16H2,1-4,6-9H3/b19-17-,25-13+. The number of anilines is 1. The van der Waals surface area contributed by atoms with Crippen LogP contribution in [0.5, 0.6) is 0 Å². The Morgan fingerprint density at radius 3 is 2.46 bits per heavy atom. The van der Waals surface area contributed by atoms with E-state index in [4.69, 9.17) is 0 Å². The number of nitrogens with zero attached hydrogens (tertiary/aromatic N) is 5. The first-order valence-electron chi connectivity index (χ1n) is 12.9. The summed E-state index contributed by atoms with van der Waals surface area (Å²) in [7, 11) is 0. The minimum Gasteiger partial charge on any atom is -0.389 e. The molecule has 0 radical (unpaired) electrons. The molecule has 6 nitrogen and oxygen atoms in total. The highest BCUT2D eigenvalue weighted by molar-refractivity contribution is 5.70. The van der Waals surface area contributed by atoms with Crippen LogP contribution in [0.2, 0.25) is 0 Å². The molecular formula is C31H39F2N5O. The fraction of sp³-hybridized carbons (Fsp3) is 0.387. The number of aliphatic imine (C=N–C) groups is 1. The lowest BCUT2D eigenvalue weighted by Crippen LogP contribution is -2.30. The zero-order valence-corrected chi connectivity index (χ0v) is 24.2. The van der Waals surface area contributed by atoms with E-state index >= 15 is 4.39 Å². The van der Waals surface area contributed by atoms with E-state index < -0.39 is 17.2 Å². The molecule has 0 saturated carbocycles. The summed E-state index contributed by atoms with van der Waals surface area (Å²) in [5.41, 5.74) is 3.75. The molecule has 208 valence electrons. The van der Waals surface area contributed by atoms with Crippen LogP contribution in [0.25, 0.3) is 5.82 Å². The Balaban J connectivity index is 1.94. The molecule has 2 aromatic rings. The topological polar surface area (TPSA) is 66.5 Å². The molecule has 0 spiro atoms. The number of rotatable bonds is 8. The number of pyridine rings is 1. The lowest BCUT2D eigenvalue weighted by atomic mass is 9.87. The summed E-state index contributed by atoms with van der Waals surface area (Å²) in [4.78, 5) is 9.73. The summed E-state index contributed by atoms with van der Waals surface area (Å²) in [6.07, 6.45) is 8.04. The molecule has 3 heterocycles.